The lowest BCUT2D eigenvalue weighted by atomic mass is 10.1. The van der Waals surface area contributed by atoms with Gasteiger partial charge < -0.3 is 14.3 Å². The lowest BCUT2D eigenvalue weighted by Crippen LogP contribution is -2.23. The van der Waals surface area contributed by atoms with Gasteiger partial charge in [-0.15, -0.1) is 0 Å². The third-order valence-electron chi connectivity index (χ3n) is 1.61. The molecule has 0 saturated heterocycles. The first-order valence-corrected chi connectivity index (χ1v) is 5.08. The van der Waals surface area contributed by atoms with Gasteiger partial charge in [-0.2, -0.15) is 4.99 Å². The van der Waals surface area contributed by atoms with Gasteiger partial charge in [0.1, 0.15) is 11.9 Å². The molecule has 0 bridgehead atoms. The highest BCUT2D eigenvalue weighted by Crippen LogP contribution is 2.08. The van der Waals surface area contributed by atoms with Crippen LogP contribution in [0.1, 0.15) is 27.2 Å². The summed E-state index contributed by atoms with van der Waals surface area (Å²) in [6.45, 7) is 5.09. The van der Waals surface area contributed by atoms with Gasteiger partial charge in [0.05, 0.1) is 13.0 Å². The van der Waals surface area contributed by atoms with Crippen molar-refractivity contribution < 1.29 is 23.9 Å². The first-order valence-electron chi connectivity index (χ1n) is 5.08. The zero-order valence-electron chi connectivity index (χ0n) is 10.4. The molecule has 0 aliphatic rings. The molecular formula is C11H17NO5. The Bertz CT molecular complexity index is 316. The summed E-state index contributed by atoms with van der Waals surface area (Å²) in [5, 5.41) is 0. The molecule has 1 atom stereocenters. The molecule has 0 spiro atoms. The average molecular weight is 243 g/mol. The van der Waals surface area contributed by atoms with Crippen LogP contribution in [-0.4, -0.2) is 37.3 Å². The van der Waals surface area contributed by atoms with Crippen LogP contribution in [-0.2, 0) is 19.1 Å². The van der Waals surface area contributed by atoms with Crippen molar-refractivity contribution in [2.45, 2.75) is 32.8 Å². The van der Waals surface area contributed by atoms with Crippen molar-refractivity contribution in [2.75, 3.05) is 7.11 Å². The Kier molecular flexibility index (Phi) is 6.09. The molecule has 0 aromatic rings. The normalized spacial score (nSPS) is 13.2. The Morgan fingerprint density at radius 2 is 1.94 bits per heavy atom. The number of hydrogen-bond donors (Lipinski definition) is 0. The molecule has 0 unspecified atom stereocenters. The van der Waals surface area contributed by atoms with Crippen LogP contribution in [0.2, 0.25) is 0 Å². The highest BCUT2D eigenvalue weighted by molar-refractivity contribution is 5.95. The van der Waals surface area contributed by atoms with Crippen LogP contribution in [0.15, 0.2) is 4.99 Å². The van der Waals surface area contributed by atoms with Crippen LogP contribution >= 0.6 is 0 Å². The van der Waals surface area contributed by atoms with E-state index in [9.17, 15) is 14.4 Å². The van der Waals surface area contributed by atoms with E-state index in [0.717, 1.165) is 6.21 Å². The zero-order valence-corrected chi connectivity index (χ0v) is 10.4. The second-order valence-corrected chi connectivity index (χ2v) is 4.29. The molecule has 0 aliphatic carbocycles. The third-order valence-corrected chi connectivity index (χ3v) is 1.61. The fraction of sp³-hybridized carbons (Fsp3) is 0.636. The molecule has 0 aromatic carbocycles. The van der Waals surface area contributed by atoms with Crippen LogP contribution < -0.4 is 0 Å². The minimum atomic E-state index is -0.856. The first kappa shape index (κ1) is 15.3. The standard InChI is InChI=1S/C11H17NO5/c1-11(2,3)17-10(15)12-7-8(5-6-13)9(14)16-4/h6-8H,5H2,1-4H3/t8-/m0/s1. The van der Waals surface area contributed by atoms with Crippen molar-refractivity contribution in [1.82, 2.24) is 0 Å². The van der Waals surface area contributed by atoms with E-state index < -0.39 is 23.6 Å². The summed E-state index contributed by atoms with van der Waals surface area (Å²) in [5.41, 5.74) is -0.653. The first-order chi connectivity index (χ1) is 7.80. The summed E-state index contributed by atoms with van der Waals surface area (Å²) < 4.78 is 9.36. The zero-order chi connectivity index (χ0) is 13.5. The number of amides is 1. The Labute approximate surface area is 100.0 Å². The van der Waals surface area contributed by atoms with E-state index in [1.54, 1.807) is 20.8 Å². The van der Waals surface area contributed by atoms with Gasteiger partial charge in [0, 0.05) is 12.6 Å². The Morgan fingerprint density at radius 3 is 2.35 bits per heavy atom. The maximum absolute atomic E-state index is 11.2. The predicted octanol–water partition coefficient (Wildman–Crippen LogP) is 1.37. The monoisotopic (exact) mass is 243 g/mol. The van der Waals surface area contributed by atoms with Gasteiger partial charge in [0.15, 0.2) is 0 Å². The van der Waals surface area contributed by atoms with Crippen LogP contribution in [0, 0.1) is 5.92 Å². The Hall–Kier alpha value is -1.72. The fourth-order valence-corrected chi connectivity index (χ4v) is 0.912. The van der Waals surface area contributed by atoms with Gasteiger partial charge in [-0.3, -0.25) is 4.79 Å². The number of esters is 1. The highest BCUT2D eigenvalue weighted by Gasteiger charge is 2.19. The summed E-state index contributed by atoms with van der Waals surface area (Å²) in [6, 6.07) is 0. The summed E-state index contributed by atoms with van der Waals surface area (Å²) >= 11 is 0. The number of carbonyl (C=O) groups is 3. The number of aliphatic imine (C=N–C) groups is 1. The van der Waals surface area contributed by atoms with Gasteiger partial charge >= 0.3 is 12.1 Å². The molecule has 0 fully saturated rings. The van der Waals surface area contributed by atoms with Crippen molar-refractivity contribution in [3.8, 4) is 0 Å². The fourth-order valence-electron chi connectivity index (χ4n) is 0.912. The van der Waals surface area contributed by atoms with E-state index in [-0.39, 0.29) is 6.42 Å². The average Bonchev–Trinajstić information content (AvgIpc) is 2.20. The summed E-state index contributed by atoms with van der Waals surface area (Å²) in [7, 11) is 1.20. The number of carbonyl (C=O) groups excluding carboxylic acids is 3. The van der Waals surface area contributed by atoms with Gasteiger partial charge in [-0.05, 0) is 20.8 Å². The Morgan fingerprint density at radius 1 is 1.35 bits per heavy atom. The van der Waals surface area contributed by atoms with Gasteiger partial charge in [-0.25, -0.2) is 4.79 Å². The molecule has 0 aliphatic heterocycles. The lowest BCUT2D eigenvalue weighted by Gasteiger charge is -2.17. The Balaban J connectivity index is 4.49. The summed E-state index contributed by atoms with van der Waals surface area (Å²) in [6.07, 6.45) is 0.730. The maximum Gasteiger partial charge on any atom is 0.433 e. The van der Waals surface area contributed by atoms with E-state index in [1.807, 2.05) is 0 Å². The molecule has 0 heterocycles. The second kappa shape index (κ2) is 6.78. The largest absolute Gasteiger partial charge is 0.469 e. The number of methoxy groups -OCH3 is 1. The highest BCUT2D eigenvalue weighted by atomic mass is 16.6. The van der Waals surface area contributed by atoms with Crippen LogP contribution in [0.4, 0.5) is 4.79 Å². The third kappa shape index (κ3) is 7.21. The number of hydrogen-bond acceptors (Lipinski definition) is 5. The quantitative estimate of drug-likeness (QED) is 0.423. The van der Waals surface area contributed by atoms with Gasteiger partial charge in [0.25, 0.3) is 0 Å². The van der Waals surface area contributed by atoms with Crippen molar-refractivity contribution in [3.05, 3.63) is 0 Å². The second-order valence-electron chi connectivity index (χ2n) is 4.29. The minimum absolute atomic E-state index is 0.0844. The van der Waals surface area contributed by atoms with E-state index in [2.05, 4.69) is 9.73 Å². The van der Waals surface area contributed by atoms with Gasteiger partial charge in [0.2, 0.25) is 0 Å². The van der Waals surface area contributed by atoms with E-state index in [0.29, 0.717) is 6.29 Å². The van der Waals surface area contributed by atoms with E-state index in [1.165, 1.54) is 7.11 Å². The van der Waals surface area contributed by atoms with E-state index >= 15 is 0 Å². The molecule has 0 aromatic heterocycles. The van der Waals surface area contributed by atoms with Crippen LogP contribution in [0.5, 0.6) is 0 Å². The lowest BCUT2D eigenvalue weighted by molar-refractivity contribution is -0.143. The van der Waals surface area contributed by atoms with Crippen LogP contribution in [0.25, 0.3) is 0 Å². The van der Waals surface area contributed by atoms with Crippen molar-refractivity contribution in [2.24, 2.45) is 10.9 Å². The molecular weight excluding hydrogens is 226 g/mol. The molecule has 6 heteroatoms. The molecule has 6 nitrogen and oxygen atoms in total. The molecule has 0 rings (SSSR count). The molecule has 0 N–H and O–H groups in total. The van der Waals surface area contributed by atoms with Crippen molar-refractivity contribution in [1.29, 1.82) is 0 Å². The van der Waals surface area contributed by atoms with E-state index in [4.69, 9.17) is 4.74 Å². The van der Waals surface area contributed by atoms with Gasteiger partial charge in [-0.1, -0.05) is 0 Å². The predicted molar refractivity (Wildman–Crippen MR) is 60.9 cm³/mol. The maximum atomic E-state index is 11.2. The topological polar surface area (TPSA) is 82.0 Å². The number of aldehydes is 1. The SMILES string of the molecule is COC(=O)[C@H](C=NC(=O)OC(C)(C)C)CC=O. The number of ether oxygens (including phenoxy) is 2. The molecule has 1 amide bonds. The molecule has 0 radical (unpaired) electrons. The molecule has 0 saturated carbocycles. The smallest absolute Gasteiger partial charge is 0.433 e. The van der Waals surface area contributed by atoms with Crippen molar-refractivity contribution >= 4 is 24.6 Å². The minimum Gasteiger partial charge on any atom is -0.469 e. The summed E-state index contributed by atoms with van der Waals surface area (Å²) in [5.74, 6) is -1.48. The summed E-state index contributed by atoms with van der Waals surface area (Å²) in [4.78, 5) is 36.2. The number of nitrogens with zero attached hydrogens (tertiary/aromatic N) is 1. The molecule has 96 valence electrons. The molecule has 17 heavy (non-hydrogen) atoms. The number of rotatable bonds is 4. The van der Waals surface area contributed by atoms with Crippen molar-refractivity contribution in [3.63, 3.8) is 0 Å². The van der Waals surface area contributed by atoms with Crippen LogP contribution in [0.3, 0.4) is 0 Å².